The fourth-order valence-corrected chi connectivity index (χ4v) is 5.74. The Morgan fingerprint density at radius 2 is 1.77 bits per heavy atom. The number of piperidine rings is 1. The molecule has 39 heavy (non-hydrogen) atoms. The predicted octanol–water partition coefficient (Wildman–Crippen LogP) is 5.43. The first-order chi connectivity index (χ1) is 18.8. The van der Waals surface area contributed by atoms with Gasteiger partial charge in [0.1, 0.15) is 12.4 Å². The summed E-state index contributed by atoms with van der Waals surface area (Å²) in [6, 6.07) is 19.8. The van der Waals surface area contributed by atoms with Crippen molar-refractivity contribution in [1.29, 1.82) is 0 Å². The van der Waals surface area contributed by atoms with E-state index in [2.05, 4.69) is 5.32 Å². The third kappa shape index (κ3) is 5.83. The summed E-state index contributed by atoms with van der Waals surface area (Å²) in [4.78, 5) is 29.7. The largest absolute Gasteiger partial charge is 0.507 e. The molecule has 0 bridgehead atoms. The van der Waals surface area contributed by atoms with Crippen LogP contribution >= 0.6 is 0 Å². The Kier molecular flexibility index (Phi) is 9.02. The van der Waals surface area contributed by atoms with Crippen molar-refractivity contribution in [1.82, 2.24) is 10.2 Å². The summed E-state index contributed by atoms with van der Waals surface area (Å²) in [6.07, 6.45) is 0.504. The summed E-state index contributed by atoms with van der Waals surface area (Å²) in [5, 5.41) is 13.6. The molecule has 1 aliphatic rings. The number of aryl methyl sites for hydroxylation is 2. The summed E-state index contributed by atoms with van der Waals surface area (Å²) < 4.78 is 19.0. The van der Waals surface area contributed by atoms with Gasteiger partial charge < -0.3 is 20.1 Å². The lowest BCUT2D eigenvalue weighted by Gasteiger charge is -2.49. The first-order valence-corrected chi connectivity index (χ1v) is 13.5. The van der Waals surface area contributed by atoms with E-state index in [-0.39, 0.29) is 30.5 Å². The number of hydrogen-bond donors (Lipinski definition) is 2. The van der Waals surface area contributed by atoms with Crippen LogP contribution in [0.2, 0.25) is 0 Å². The van der Waals surface area contributed by atoms with E-state index in [1.54, 1.807) is 23.1 Å². The molecule has 2 atom stereocenters. The first kappa shape index (κ1) is 28.3. The van der Waals surface area contributed by atoms with Crippen LogP contribution in [0.4, 0.5) is 4.39 Å². The van der Waals surface area contributed by atoms with Crippen molar-refractivity contribution in [3.63, 3.8) is 0 Å². The smallest absolute Gasteiger partial charge is 0.233 e. The van der Waals surface area contributed by atoms with Crippen molar-refractivity contribution in [2.45, 2.75) is 58.3 Å². The summed E-state index contributed by atoms with van der Waals surface area (Å²) in [5.41, 5.74) is 3.13. The number of nitrogens with zero attached hydrogens (tertiary/aromatic N) is 1. The highest BCUT2D eigenvalue weighted by atomic mass is 19.1. The van der Waals surface area contributed by atoms with E-state index in [0.717, 1.165) is 16.7 Å². The molecule has 4 rings (SSSR count). The minimum absolute atomic E-state index is 0.0808. The molecule has 0 saturated carbocycles. The number of benzene rings is 3. The number of carbonyl (C=O) groups excluding carboxylic acids is 2. The van der Waals surface area contributed by atoms with Crippen LogP contribution in [0.3, 0.4) is 0 Å². The normalized spacial score (nSPS) is 19.2. The highest BCUT2D eigenvalue weighted by Gasteiger charge is 2.54. The topological polar surface area (TPSA) is 78.9 Å². The molecule has 1 heterocycles. The van der Waals surface area contributed by atoms with E-state index < -0.39 is 18.1 Å². The molecule has 7 heteroatoms. The quantitative estimate of drug-likeness (QED) is 0.341. The standard InChI is InChI=1S/C32H37FN2O4/c1-4-39-16-15-34-31(38)32(27-11-6-5-7-12-27)14-13-28(36)35(21-25-10-8-9-24(19-25)20-33)30(32)26-17-22(2)29(37)23(3)18-26/h5-12,17-19,30,37H,4,13-16,20-21H2,1-3H3,(H,34,38). The van der Waals surface area contributed by atoms with Gasteiger partial charge in [0.2, 0.25) is 11.8 Å². The van der Waals surface area contributed by atoms with Crippen LogP contribution in [0.1, 0.15) is 59.2 Å². The van der Waals surface area contributed by atoms with Crippen LogP contribution in [0.25, 0.3) is 0 Å². The highest BCUT2D eigenvalue weighted by molar-refractivity contribution is 5.93. The lowest BCUT2D eigenvalue weighted by molar-refractivity contribution is -0.147. The molecule has 2 amide bonds. The maximum Gasteiger partial charge on any atom is 0.233 e. The lowest BCUT2D eigenvalue weighted by Crippen LogP contribution is -2.58. The van der Waals surface area contributed by atoms with Gasteiger partial charge in [0, 0.05) is 26.1 Å². The highest BCUT2D eigenvalue weighted by Crippen LogP contribution is 2.50. The molecule has 0 spiro atoms. The number of halogens is 1. The molecule has 1 saturated heterocycles. The first-order valence-electron chi connectivity index (χ1n) is 13.5. The number of ether oxygens (including phenoxy) is 1. The van der Waals surface area contributed by atoms with Gasteiger partial charge in [0.05, 0.1) is 18.1 Å². The monoisotopic (exact) mass is 532 g/mol. The van der Waals surface area contributed by atoms with E-state index >= 15 is 0 Å². The third-order valence-corrected chi connectivity index (χ3v) is 7.59. The van der Waals surface area contributed by atoms with Crippen LogP contribution in [0.15, 0.2) is 66.7 Å². The Balaban J connectivity index is 1.91. The van der Waals surface area contributed by atoms with Gasteiger partial charge in [-0.1, -0.05) is 66.7 Å². The number of alkyl halides is 1. The molecule has 3 aromatic rings. The number of phenols is 1. The SMILES string of the molecule is CCOCCNC(=O)C1(c2ccccc2)CCC(=O)N(Cc2cccc(CF)c2)C1c1cc(C)c(O)c(C)c1. The summed E-state index contributed by atoms with van der Waals surface area (Å²) in [7, 11) is 0. The second-order valence-electron chi connectivity index (χ2n) is 10.2. The Bertz CT molecular complexity index is 1290. The number of rotatable bonds is 10. The Hall–Kier alpha value is -3.71. The summed E-state index contributed by atoms with van der Waals surface area (Å²) in [5.74, 6) is -0.0749. The minimum Gasteiger partial charge on any atom is -0.507 e. The van der Waals surface area contributed by atoms with Crippen LogP contribution in [-0.4, -0.2) is 41.6 Å². The summed E-state index contributed by atoms with van der Waals surface area (Å²) in [6.45, 7) is 6.43. The number of phenolic OH excluding ortho intramolecular Hbond substituents is 1. The zero-order valence-electron chi connectivity index (χ0n) is 22.9. The molecule has 0 aromatic heterocycles. The van der Waals surface area contributed by atoms with Gasteiger partial charge in [-0.2, -0.15) is 0 Å². The molecular weight excluding hydrogens is 495 g/mol. The van der Waals surface area contributed by atoms with Gasteiger partial charge in [-0.05, 0) is 60.6 Å². The van der Waals surface area contributed by atoms with Gasteiger partial charge in [0.25, 0.3) is 0 Å². The number of aromatic hydroxyl groups is 1. The van der Waals surface area contributed by atoms with Crippen LogP contribution in [-0.2, 0) is 33.0 Å². The maximum absolute atomic E-state index is 14.3. The predicted molar refractivity (Wildman–Crippen MR) is 149 cm³/mol. The Morgan fingerprint density at radius 3 is 2.44 bits per heavy atom. The number of hydrogen-bond acceptors (Lipinski definition) is 4. The second-order valence-corrected chi connectivity index (χ2v) is 10.2. The molecule has 0 radical (unpaired) electrons. The average Bonchev–Trinajstić information content (AvgIpc) is 2.95. The maximum atomic E-state index is 14.3. The van der Waals surface area contributed by atoms with Crippen molar-refractivity contribution >= 4 is 11.8 Å². The van der Waals surface area contributed by atoms with E-state index in [4.69, 9.17) is 4.74 Å². The zero-order chi connectivity index (χ0) is 28.0. The molecular formula is C32H37FN2O4. The van der Waals surface area contributed by atoms with Crippen LogP contribution in [0, 0.1) is 13.8 Å². The van der Waals surface area contributed by atoms with Gasteiger partial charge in [0.15, 0.2) is 0 Å². The van der Waals surface area contributed by atoms with Gasteiger partial charge >= 0.3 is 0 Å². The molecule has 2 unspecified atom stereocenters. The Labute approximate surface area is 229 Å². The molecule has 1 aliphatic heterocycles. The van der Waals surface area contributed by atoms with E-state index in [0.29, 0.717) is 42.9 Å². The van der Waals surface area contributed by atoms with Crippen LogP contribution < -0.4 is 5.32 Å². The van der Waals surface area contributed by atoms with E-state index in [1.807, 2.05) is 69.3 Å². The third-order valence-electron chi connectivity index (χ3n) is 7.59. The number of nitrogens with one attached hydrogen (secondary N) is 1. The van der Waals surface area contributed by atoms with E-state index in [1.165, 1.54) is 0 Å². The lowest BCUT2D eigenvalue weighted by atomic mass is 9.65. The van der Waals surface area contributed by atoms with Crippen molar-refractivity contribution in [3.05, 3.63) is 100 Å². The number of carbonyl (C=O) groups is 2. The fourth-order valence-electron chi connectivity index (χ4n) is 5.74. The van der Waals surface area contributed by atoms with Gasteiger partial charge in [-0.25, -0.2) is 4.39 Å². The molecule has 6 nitrogen and oxygen atoms in total. The van der Waals surface area contributed by atoms with Gasteiger partial charge in [-0.15, -0.1) is 0 Å². The van der Waals surface area contributed by atoms with Crippen molar-refractivity contribution in [2.75, 3.05) is 19.8 Å². The van der Waals surface area contributed by atoms with Crippen molar-refractivity contribution < 1.29 is 23.8 Å². The zero-order valence-corrected chi connectivity index (χ0v) is 22.9. The molecule has 2 N–H and O–H groups in total. The van der Waals surface area contributed by atoms with Crippen LogP contribution in [0.5, 0.6) is 5.75 Å². The Morgan fingerprint density at radius 1 is 1.08 bits per heavy atom. The second kappa shape index (κ2) is 12.4. The summed E-state index contributed by atoms with van der Waals surface area (Å²) >= 11 is 0. The fraction of sp³-hybridized carbons (Fsp3) is 0.375. The number of likely N-dealkylation sites (tertiary alicyclic amines) is 1. The van der Waals surface area contributed by atoms with Crippen molar-refractivity contribution in [3.8, 4) is 5.75 Å². The average molecular weight is 533 g/mol. The molecule has 0 aliphatic carbocycles. The molecule has 1 fully saturated rings. The minimum atomic E-state index is -1.10. The molecule has 3 aromatic carbocycles. The van der Waals surface area contributed by atoms with E-state index in [9.17, 15) is 19.1 Å². The van der Waals surface area contributed by atoms with Crippen molar-refractivity contribution in [2.24, 2.45) is 0 Å². The number of amides is 2. The molecule has 206 valence electrons. The van der Waals surface area contributed by atoms with Gasteiger partial charge in [-0.3, -0.25) is 9.59 Å².